The fourth-order valence-corrected chi connectivity index (χ4v) is 2.21. The van der Waals surface area contributed by atoms with E-state index in [-0.39, 0.29) is 11.3 Å². The summed E-state index contributed by atoms with van der Waals surface area (Å²) in [5.41, 5.74) is 7.24. The molecule has 1 amide bonds. The molecule has 14 heavy (non-hydrogen) atoms. The van der Waals surface area contributed by atoms with Crippen LogP contribution in [0.1, 0.15) is 26.2 Å². The van der Waals surface area contributed by atoms with Gasteiger partial charge in [-0.05, 0) is 38.3 Å². The van der Waals surface area contributed by atoms with Crippen molar-refractivity contribution in [2.45, 2.75) is 32.2 Å². The molecule has 0 aromatic carbocycles. The molecule has 2 atom stereocenters. The fraction of sp³-hybridized carbons (Fsp3) is 0.889. The molecule has 1 heterocycles. The van der Waals surface area contributed by atoms with Crippen molar-refractivity contribution in [3.05, 3.63) is 0 Å². The van der Waals surface area contributed by atoms with E-state index in [9.17, 15) is 4.79 Å². The number of hydroxylamine groups is 1. The molecule has 0 radical (unpaired) electrons. The maximum atomic E-state index is 11.1. The zero-order valence-corrected chi connectivity index (χ0v) is 8.55. The number of amides is 1. The molecule has 0 saturated carbocycles. The average molecular weight is 201 g/mol. The van der Waals surface area contributed by atoms with Crippen LogP contribution in [0.4, 0.5) is 0 Å². The normalized spacial score (nSPS) is 32.6. The summed E-state index contributed by atoms with van der Waals surface area (Å²) in [6.07, 6.45) is 2.09. The van der Waals surface area contributed by atoms with Gasteiger partial charge in [0.1, 0.15) is 0 Å². The van der Waals surface area contributed by atoms with Gasteiger partial charge in [-0.15, -0.1) is 0 Å². The largest absolute Gasteiger partial charge is 0.330 e. The zero-order valence-electron chi connectivity index (χ0n) is 8.55. The number of rotatable bonds is 3. The van der Waals surface area contributed by atoms with Gasteiger partial charge in [0.05, 0.1) is 0 Å². The van der Waals surface area contributed by atoms with E-state index in [0.717, 1.165) is 19.4 Å². The molecule has 0 aromatic heterocycles. The van der Waals surface area contributed by atoms with E-state index in [4.69, 9.17) is 10.9 Å². The van der Waals surface area contributed by atoms with Gasteiger partial charge in [0, 0.05) is 12.5 Å². The molecule has 0 aromatic rings. The van der Waals surface area contributed by atoms with Crippen LogP contribution in [0, 0.1) is 5.41 Å². The van der Waals surface area contributed by atoms with Crippen molar-refractivity contribution in [2.75, 3.05) is 13.1 Å². The van der Waals surface area contributed by atoms with E-state index in [2.05, 4.69) is 12.2 Å². The Labute approximate surface area is 84.0 Å². The first kappa shape index (κ1) is 11.4. The minimum Gasteiger partial charge on any atom is -0.330 e. The van der Waals surface area contributed by atoms with Crippen molar-refractivity contribution in [3.8, 4) is 0 Å². The van der Waals surface area contributed by atoms with Crippen LogP contribution in [-0.2, 0) is 4.79 Å². The van der Waals surface area contributed by atoms with Gasteiger partial charge in [0.2, 0.25) is 5.91 Å². The lowest BCUT2D eigenvalue weighted by Gasteiger charge is -2.39. The Morgan fingerprint density at radius 1 is 1.79 bits per heavy atom. The van der Waals surface area contributed by atoms with Crippen LogP contribution in [0.2, 0.25) is 0 Å². The molecule has 0 bridgehead atoms. The van der Waals surface area contributed by atoms with Gasteiger partial charge in [-0.2, -0.15) is 0 Å². The van der Waals surface area contributed by atoms with Crippen LogP contribution in [0.25, 0.3) is 0 Å². The number of hydrogen-bond donors (Lipinski definition) is 4. The highest BCUT2D eigenvalue weighted by Crippen LogP contribution is 2.33. The van der Waals surface area contributed by atoms with Gasteiger partial charge in [-0.1, -0.05) is 0 Å². The van der Waals surface area contributed by atoms with Crippen LogP contribution in [0.15, 0.2) is 0 Å². The molecule has 1 aliphatic heterocycles. The van der Waals surface area contributed by atoms with E-state index in [1.54, 1.807) is 5.48 Å². The number of piperidine rings is 1. The minimum absolute atomic E-state index is 0.141. The van der Waals surface area contributed by atoms with Crippen LogP contribution < -0.4 is 16.5 Å². The third-order valence-electron chi connectivity index (χ3n) is 2.98. The molecule has 1 saturated heterocycles. The molecule has 1 aliphatic rings. The Morgan fingerprint density at radius 3 is 3.00 bits per heavy atom. The summed E-state index contributed by atoms with van der Waals surface area (Å²) in [5, 5.41) is 11.8. The third-order valence-corrected chi connectivity index (χ3v) is 2.98. The Kier molecular flexibility index (Phi) is 3.86. The quantitative estimate of drug-likeness (QED) is 0.369. The van der Waals surface area contributed by atoms with Gasteiger partial charge in [-0.3, -0.25) is 10.0 Å². The Balaban J connectivity index is 2.60. The number of carbonyl (C=O) groups is 1. The Bertz CT molecular complexity index is 210. The molecule has 1 fully saturated rings. The van der Waals surface area contributed by atoms with Crippen molar-refractivity contribution >= 4 is 5.91 Å². The van der Waals surface area contributed by atoms with Gasteiger partial charge >= 0.3 is 0 Å². The van der Waals surface area contributed by atoms with Crippen molar-refractivity contribution in [3.63, 3.8) is 0 Å². The van der Waals surface area contributed by atoms with Crippen molar-refractivity contribution < 1.29 is 10.0 Å². The molecule has 5 nitrogen and oxygen atoms in total. The summed E-state index contributed by atoms with van der Waals surface area (Å²) in [4.78, 5) is 11.1. The van der Waals surface area contributed by atoms with E-state index in [1.807, 2.05) is 0 Å². The first-order valence-corrected chi connectivity index (χ1v) is 4.98. The number of hydrogen-bond acceptors (Lipinski definition) is 4. The van der Waals surface area contributed by atoms with Crippen molar-refractivity contribution in [1.29, 1.82) is 0 Å². The standard InChI is InChI=1S/C9H19N3O2/c1-7-4-9(6-10,2-3-11-7)5-8(13)12-14/h7,11,14H,2-6,10H2,1H3,(H,12,13). The zero-order chi connectivity index (χ0) is 10.6. The summed E-state index contributed by atoms with van der Waals surface area (Å²) in [6.45, 7) is 3.46. The van der Waals surface area contributed by atoms with E-state index >= 15 is 0 Å². The third kappa shape index (κ3) is 2.67. The Morgan fingerprint density at radius 2 is 2.50 bits per heavy atom. The molecular weight excluding hydrogens is 182 g/mol. The maximum absolute atomic E-state index is 11.1. The monoisotopic (exact) mass is 201 g/mol. The molecular formula is C9H19N3O2. The predicted octanol–water partition coefficient (Wildman–Crippen LogP) is -0.401. The lowest BCUT2D eigenvalue weighted by molar-refractivity contribution is -0.132. The summed E-state index contributed by atoms with van der Waals surface area (Å²) in [5.74, 6) is -0.343. The number of nitrogens with one attached hydrogen (secondary N) is 2. The smallest absolute Gasteiger partial charge is 0.243 e. The highest BCUT2D eigenvalue weighted by atomic mass is 16.5. The lowest BCUT2D eigenvalue weighted by atomic mass is 9.73. The second-order valence-electron chi connectivity index (χ2n) is 4.23. The van der Waals surface area contributed by atoms with Crippen LogP contribution >= 0.6 is 0 Å². The predicted molar refractivity (Wildman–Crippen MR) is 52.7 cm³/mol. The molecule has 82 valence electrons. The highest BCUT2D eigenvalue weighted by molar-refractivity contribution is 5.75. The molecule has 1 rings (SSSR count). The topological polar surface area (TPSA) is 87.4 Å². The summed E-state index contributed by atoms with van der Waals surface area (Å²) < 4.78 is 0. The van der Waals surface area contributed by atoms with Crippen molar-refractivity contribution in [1.82, 2.24) is 10.8 Å². The molecule has 0 spiro atoms. The van der Waals surface area contributed by atoms with Gasteiger partial charge in [0.25, 0.3) is 0 Å². The first-order valence-electron chi connectivity index (χ1n) is 4.98. The molecule has 2 unspecified atom stereocenters. The maximum Gasteiger partial charge on any atom is 0.243 e. The lowest BCUT2D eigenvalue weighted by Crippen LogP contribution is -2.48. The minimum atomic E-state index is -0.343. The van der Waals surface area contributed by atoms with E-state index in [0.29, 0.717) is 19.0 Å². The summed E-state index contributed by atoms with van der Waals surface area (Å²) in [6, 6.07) is 0.388. The van der Waals surface area contributed by atoms with E-state index < -0.39 is 0 Å². The van der Waals surface area contributed by atoms with Gasteiger partial charge in [-0.25, -0.2) is 5.48 Å². The molecule has 0 aliphatic carbocycles. The molecule has 5 heteroatoms. The molecule has 5 N–H and O–H groups in total. The first-order chi connectivity index (χ1) is 6.62. The van der Waals surface area contributed by atoms with Crippen LogP contribution in [-0.4, -0.2) is 30.2 Å². The number of nitrogens with two attached hydrogens (primary N) is 1. The average Bonchev–Trinajstić information content (AvgIpc) is 2.17. The van der Waals surface area contributed by atoms with Crippen molar-refractivity contribution in [2.24, 2.45) is 11.1 Å². The fourth-order valence-electron chi connectivity index (χ4n) is 2.21. The van der Waals surface area contributed by atoms with Crippen LogP contribution in [0.3, 0.4) is 0 Å². The van der Waals surface area contributed by atoms with Gasteiger partial charge < -0.3 is 11.1 Å². The summed E-state index contributed by atoms with van der Waals surface area (Å²) >= 11 is 0. The highest BCUT2D eigenvalue weighted by Gasteiger charge is 2.35. The van der Waals surface area contributed by atoms with Crippen LogP contribution in [0.5, 0.6) is 0 Å². The summed E-state index contributed by atoms with van der Waals surface area (Å²) in [7, 11) is 0. The second kappa shape index (κ2) is 4.72. The van der Waals surface area contributed by atoms with E-state index in [1.165, 1.54) is 0 Å². The second-order valence-corrected chi connectivity index (χ2v) is 4.23. The van der Waals surface area contributed by atoms with Gasteiger partial charge in [0.15, 0.2) is 0 Å². The Hall–Kier alpha value is -0.650. The number of carbonyl (C=O) groups excluding carboxylic acids is 1. The SMILES string of the molecule is CC1CC(CN)(CC(=O)NO)CCN1.